The van der Waals surface area contributed by atoms with Crippen molar-refractivity contribution in [3.63, 3.8) is 0 Å². The van der Waals surface area contributed by atoms with E-state index in [2.05, 4.69) is 5.32 Å². The number of benzene rings is 2. The number of carbonyl (C=O) groups excluding carboxylic acids is 2. The summed E-state index contributed by atoms with van der Waals surface area (Å²) >= 11 is 0. The molecule has 0 fully saturated rings. The fourth-order valence-corrected chi connectivity index (χ4v) is 1.91. The highest BCUT2D eigenvalue weighted by Gasteiger charge is 2.13. The van der Waals surface area contributed by atoms with E-state index < -0.39 is 30.1 Å². The van der Waals surface area contributed by atoms with Gasteiger partial charge in [-0.25, -0.2) is 13.6 Å². The van der Waals surface area contributed by atoms with Gasteiger partial charge in [0.25, 0.3) is 5.91 Å². The summed E-state index contributed by atoms with van der Waals surface area (Å²) in [7, 11) is 3.65. The molecule has 2 aromatic rings. The van der Waals surface area contributed by atoms with E-state index in [1.54, 1.807) is 18.2 Å². The molecule has 0 atom stereocenters. The summed E-state index contributed by atoms with van der Waals surface area (Å²) in [4.78, 5) is 25.5. The van der Waals surface area contributed by atoms with Gasteiger partial charge in [-0.1, -0.05) is 6.07 Å². The lowest BCUT2D eigenvalue weighted by Crippen LogP contribution is -2.21. The zero-order chi connectivity index (χ0) is 17.7. The molecule has 7 heteroatoms. The Kier molecular flexibility index (Phi) is 5.47. The SMILES string of the molecule is CN(C)c1cccc(C(=O)OCC(=O)Nc2cc(F)ccc2F)c1. The van der Waals surface area contributed by atoms with Crippen molar-refractivity contribution in [1.82, 2.24) is 0 Å². The van der Waals surface area contributed by atoms with E-state index in [4.69, 9.17) is 4.74 Å². The minimum absolute atomic E-state index is 0.283. The third kappa shape index (κ3) is 4.52. The standard InChI is InChI=1S/C17H16F2N2O3/c1-21(2)13-5-3-4-11(8-13)17(23)24-10-16(22)20-15-9-12(18)6-7-14(15)19/h3-9H,10H2,1-2H3,(H,20,22). The minimum atomic E-state index is -0.783. The average Bonchev–Trinajstić information content (AvgIpc) is 2.56. The second-order valence-corrected chi connectivity index (χ2v) is 5.19. The molecule has 1 N–H and O–H groups in total. The van der Waals surface area contributed by atoms with Crippen LogP contribution in [0.2, 0.25) is 0 Å². The molecule has 0 aliphatic heterocycles. The van der Waals surface area contributed by atoms with Gasteiger partial charge in [0.05, 0.1) is 11.3 Å². The highest BCUT2D eigenvalue weighted by molar-refractivity contribution is 5.96. The number of anilines is 2. The monoisotopic (exact) mass is 334 g/mol. The van der Waals surface area contributed by atoms with E-state index in [-0.39, 0.29) is 11.3 Å². The van der Waals surface area contributed by atoms with E-state index in [0.29, 0.717) is 0 Å². The van der Waals surface area contributed by atoms with Crippen LogP contribution in [-0.4, -0.2) is 32.6 Å². The molecule has 0 heterocycles. The van der Waals surface area contributed by atoms with Gasteiger partial charge in [-0.05, 0) is 30.3 Å². The molecule has 1 amide bonds. The Bertz CT molecular complexity index is 763. The van der Waals surface area contributed by atoms with E-state index in [0.717, 1.165) is 23.9 Å². The van der Waals surface area contributed by atoms with Crippen LogP contribution in [0.3, 0.4) is 0 Å². The molecule has 5 nitrogen and oxygen atoms in total. The highest BCUT2D eigenvalue weighted by atomic mass is 19.1. The van der Waals surface area contributed by atoms with Crippen LogP contribution in [0.15, 0.2) is 42.5 Å². The second-order valence-electron chi connectivity index (χ2n) is 5.19. The molecule has 0 aliphatic carbocycles. The first-order valence-electron chi connectivity index (χ1n) is 7.06. The van der Waals surface area contributed by atoms with Crippen LogP contribution in [0.5, 0.6) is 0 Å². The number of nitrogens with one attached hydrogen (secondary N) is 1. The van der Waals surface area contributed by atoms with Gasteiger partial charge >= 0.3 is 5.97 Å². The first-order chi connectivity index (χ1) is 11.4. The van der Waals surface area contributed by atoms with Gasteiger partial charge in [0.2, 0.25) is 0 Å². The molecule has 0 unspecified atom stereocenters. The van der Waals surface area contributed by atoms with Gasteiger partial charge in [0.15, 0.2) is 6.61 Å². The van der Waals surface area contributed by atoms with Crippen molar-refractivity contribution in [2.75, 3.05) is 30.9 Å². The lowest BCUT2D eigenvalue weighted by atomic mass is 10.2. The lowest BCUT2D eigenvalue weighted by molar-refractivity contribution is -0.119. The highest BCUT2D eigenvalue weighted by Crippen LogP contribution is 2.16. The maximum Gasteiger partial charge on any atom is 0.338 e. The first-order valence-corrected chi connectivity index (χ1v) is 7.06. The number of ether oxygens (including phenoxy) is 1. The Labute approximate surface area is 137 Å². The van der Waals surface area contributed by atoms with Crippen molar-refractivity contribution in [3.05, 3.63) is 59.7 Å². The molecule has 2 aromatic carbocycles. The molecule has 0 spiro atoms. The molecule has 2 rings (SSSR count). The summed E-state index contributed by atoms with van der Waals surface area (Å²) in [6, 6.07) is 9.35. The number of halogens is 2. The third-order valence-corrected chi connectivity index (χ3v) is 3.14. The van der Waals surface area contributed by atoms with Crippen LogP contribution < -0.4 is 10.2 Å². The van der Waals surface area contributed by atoms with Crippen LogP contribution in [0.1, 0.15) is 10.4 Å². The van der Waals surface area contributed by atoms with Crippen molar-refractivity contribution in [3.8, 4) is 0 Å². The van der Waals surface area contributed by atoms with Gasteiger partial charge < -0.3 is 15.0 Å². The molecule has 0 aromatic heterocycles. The van der Waals surface area contributed by atoms with Crippen LogP contribution in [0.25, 0.3) is 0 Å². The zero-order valence-corrected chi connectivity index (χ0v) is 13.2. The molecule has 126 valence electrons. The molecule has 0 bridgehead atoms. The summed E-state index contributed by atoms with van der Waals surface area (Å²) in [5, 5.41) is 2.15. The predicted molar refractivity (Wildman–Crippen MR) is 86.0 cm³/mol. The zero-order valence-electron chi connectivity index (χ0n) is 13.2. The molecule has 0 radical (unpaired) electrons. The maximum absolute atomic E-state index is 13.4. The second kappa shape index (κ2) is 7.54. The van der Waals surface area contributed by atoms with Crippen LogP contribution >= 0.6 is 0 Å². The van der Waals surface area contributed by atoms with E-state index in [1.807, 2.05) is 25.1 Å². The number of rotatable bonds is 5. The first kappa shape index (κ1) is 17.4. The Balaban J connectivity index is 1.95. The van der Waals surface area contributed by atoms with E-state index in [9.17, 15) is 18.4 Å². The van der Waals surface area contributed by atoms with Crippen molar-refractivity contribution < 1.29 is 23.1 Å². The normalized spacial score (nSPS) is 10.2. The fraction of sp³-hybridized carbons (Fsp3) is 0.176. The smallest absolute Gasteiger partial charge is 0.338 e. The number of hydrogen-bond acceptors (Lipinski definition) is 4. The predicted octanol–water partition coefficient (Wildman–Crippen LogP) is 2.83. The molecular formula is C17H16F2N2O3. The van der Waals surface area contributed by atoms with E-state index >= 15 is 0 Å². The third-order valence-electron chi connectivity index (χ3n) is 3.14. The average molecular weight is 334 g/mol. The Morgan fingerprint density at radius 3 is 2.58 bits per heavy atom. The molecule has 0 saturated heterocycles. The van der Waals surface area contributed by atoms with Crippen LogP contribution in [0, 0.1) is 11.6 Å². The lowest BCUT2D eigenvalue weighted by Gasteiger charge is -2.13. The quantitative estimate of drug-likeness (QED) is 0.854. The maximum atomic E-state index is 13.4. The van der Waals surface area contributed by atoms with E-state index in [1.165, 1.54) is 0 Å². The van der Waals surface area contributed by atoms with Crippen molar-refractivity contribution in [2.45, 2.75) is 0 Å². The van der Waals surface area contributed by atoms with Gasteiger partial charge in [-0.3, -0.25) is 4.79 Å². The van der Waals surface area contributed by atoms with Crippen molar-refractivity contribution >= 4 is 23.3 Å². The van der Waals surface area contributed by atoms with Crippen LogP contribution in [0.4, 0.5) is 20.2 Å². The molecule has 0 saturated carbocycles. The number of esters is 1. The van der Waals surface area contributed by atoms with Crippen molar-refractivity contribution in [2.24, 2.45) is 0 Å². The van der Waals surface area contributed by atoms with Gasteiger partial charge in [-0.15, -0.1) is 0 Å². The number of hydrogen-bond donors (Lipinski definition) is 1. The Morgan fingerprint density at radius 1 is 1.12 bits per heavy atom. The summed E-state index contributed by atoms with van der Waals surface area (Å²) in [5.41, 5.74) is 0.771. The molecule has 24 heavy (non-hydrogen) atoms. The molecule has 0 aliphatic rings. The van der Waals surface area contributed by atoms with Gasteiger partial charge in [0.1, 0.15) is 11.6 Å². The topological polar surface area (TPSA) is 58.6 Å². The van der Waals surface area contributed by atoms with Gasteiger partial charge in [-0.2, -0.15) is 0 Å². The van der Waals surface area contributed by atoms with Gasteiger partial charge in [0, 0.05) is 25.8 Å². The summed E-state index contributed by atoms with van der Waals surface area (Å²) in [6.45, 7) is -0.610. The minimum Gasteiger partial charge on any atom is -0.452 e. The Morgan fingerprint density at radius 2 is 1.88 bits per heavy atom. The summed E-state index contributed by atoms with van der Waals surface area (Å²) in [6.07, 6.45) is 0. The number of nitrogens with zero attached hydrogens (tertiary/aromatic N) is 1. The number of amides is 1. The number of carbonyl (C=O) groups is 2. The summed E-state index contributed by atoms with van der Waals surface area (Å²) in [5.74, 6) is -2.93. The van der Waals surface area contributed by atoms with Crippen LogP contribution in [-0.2, 0) is 9.53 Å². The summed E-state index contributed by atoms with van der Waals surface area (Å²) < 4.78 is 31.3. The fourth-order valence-electron chi connectivity index (χ4n) is 1.91. The Hall–Kier alpha value is -2.96. The van der Waals surface area contributed by atoms with Crippen molar-refractivity contribution in [1.29, 1.82) is 0 Å². The largest absolute Gasteiger partial charge is 0.452 e. The molecular weight excluding hydrogens is 318 g/mol.